The number of urea groups is 1. The van der Waals surface area contributed by atoms with Gasteiger partial charge >= 0.3 is 6.03 Å². The summed E-state index contributed by atoms with van der Waals surface area (Å²) in [7, 11) is 0. The van der Waals surface area contributed by atoms with Gasteiger partial charge in [0.1, 0.15) is 0 Å². The van der Waals surface area contributed by atoms with E-state index in [1.54, 1.807) is 0 Å². The molecule has 0 aliphatic carbocycles. The predicted octanol–water partition coefficient (Wildman–Crippen LogP) is 4.06. The first kappa shape index (κ1) is 15.9. The Morgan fingerprint density at radius 2 is 1.73 bits per heavy atom. The summed E-state index contributed by atoms with van der Waals surface area (Å²) in [4.78, 5) is 11.8. The Hall–Kier alpha value is -2.43. The summed E-state index contributed by atoms with van der Waals surface area (Å²) < 4.78 is 25.9. The number of carbonyl (C=O) groups excluding carboxylic acids is 1. The average Bonchev–Trinajstić information content (AvgIpc) is 2.50. The van der Waals surface area contributed by atoms with Crippen LogP contribution in [-0.2, 0) is 5.41 Å². The van der Waals surface area contributed by atoms with Crippen LogP contribution in [-0.4, -0.2) is 12.6 Å². The molecule has 0 radical (unpaired) electrons. The van der Waals surface area contributed by atoms with Crippen LogP contribution in [0.4, 0.5) is 19.3 Å². The van der Waals surface area contributed by atoms with Gasteiger partial charge in [-0.3, -0.25) is 0 Å². The van der Waals surface area contributed by atoms with E-state index in [2.05, 4.69) is 10.6 Å². The summed E-state index contributed by atoms with van der Waals surface area (Å²) in [5.41, 5.74) is 1.06. The molecule has 0 spiro atoms. The van der Waals surface area contributed by atoms with Crippen molar-refractivity contribution in [3.8, 4) is 0 Å². The van der Waals surface area contributed by atoms with Gasteiger partial charge in [-0.25, -0.2) is 13.6 Å². The summed E-state index contributed by atoms with van der Waals surface area (Å²) in [5, 5.41) is 5.22. The minimum absolute atomic E-state index is 0.203. The molecule has 0 fully saturated rings. The van der Waals surface area contributed by atoms with Crippen LogP contribution in [0, 0.1) is 11.6 Å². The van der Waals surface area contributed by atoms with Gasteiger partial charge in [0.15, 0.2) is 11.6 Å². The van der Waals surface area contributed by atoms with Crippen LogP contribution in [0.15, 0.2) is 48.5 Å². The number of nitrogens with one attached hydrogen (secondary N) is 2. The molecule has 0 saturated carbocycles. The fourth-order valence-electron chi connectivity index (χ4n) is 2.04. The van der Waals surface area contributed by atoms with E-state index in [-0.39, 0.29) is 11.1 Å². The normalized spacial score (nSPS) is 11.1. The smallest absolute Gasteiger partial charge is 0.319 e. The fraction of sp³-hybridized carbons (Fsp3) is 0.235. The van der Waals surface area contributed by atoms with E-state index in [0.717, 1.165) is 17.7 Å². The number of hydrogen-bond acceptors (Lipinski definition) is 1. The Kier molecular flexibility index (Phi) is 4.75. The van der Waals surface area contributed by atoms with E-state index in [9.17, 15) is 13.6 Å². The summed E-state index contributed by atoms with van der Waals surface area (Å²) in [6, 6.07) is 12.6. The summed E-state index contributed by atoms with van der Waals surface area (Å²) in [5.74, 6) is -1.95. The molecular formula is C17H18F2N2O. The van der Waals surface area contributed by atoms with Crippen molar-refractivity contribution in [3.05, 3.63) is 65.7 Å². The molecule has 3 nitrogen and oxygen atoms in total. The molecule has 2 aromatic carbocycles. The molecule has 0 aliphatic rings. The third-order valence-corrected chi connectivity index (χ3v) is 3.42. The summed E-state index contributed by atoms with van der Waals surface area (Å²) in [6.07, 6.45) is 0. The monoisotopic (exact) mass is 304 g/mol. The third-order valence-electron chi connectivity index (χ3n) is 3.42. The standard InChI is InChI=1S/C17H18F2N2O/c1-17(2,12-6-4-3-5-7-12)11-20-16(22)21-13-8-9-14(18)15(19)10-13/h3-10H,11H2,1-2H3,(H2,20,21,22). The minimum atomic E-state index is -0.998. The van der Waals surface area contributed by atoms with E-state index < -0.39 is 17.7 Å². The van der Waals surface area contributed by atoms with Crippen molar-refractivity contribution in [1.82, 2.24) is 5.32 Å². The SMILES string of the molecule is CC(C)(CNC(=O)Nc1ccc(F)c(F)c1)c1ccccc1. The molecule has 5 heteroatoms. The first-order valence-corrected chi connectivity index (χ1v) is 6.94. The number of carbonyl (C=O) groups is 1. The lowest BCUT2D eigenvalue weighted by molar-refractivity contribution is 0.249. The molecule has 2 rings (SSSR count). The minimum Gasteiger partial charge on any atom is -0.337 e. The molecule has 2 aromatic rings. The zero-order valence-corrected chi connectivity index (χ0v) is 12.5. The molecule has 2 N–H and O–H groups in total. The highest BCUT2D eigenvalue weighted by Gasteiger charge is 2.21. The zero-order chi connectivity index (χ0) is 16.2. The largest absolute Gasteiger partial charge is 0.337 e. The Morgan fingerprint density at radius 1 is 1.05 bits per heavy atom. The number of halogens is 2. The Bertz CT molecular complexity index is 657. The average molecular weight is 304 g/mol. The van der Waals surface area contributed by atoms with Crippen molar-refractivity contribution in [2.45, 2.75) is 19.3 Å². The molecule has 0 saturated heterocycles. The second-order valence-electron chi connectivity index (χ2n) is 5.69. The molecule has 0 unspecified atom stereocenters. The predicted molar refractivity (Wildman–Crippen MR) is 82.8 cm³/mol. The Morgan fingerprint density at radius 3 is 2.36 bits per heavy atom. The summed E-state index contributed by atoms with van der Waals surface area (Å²) >= 11 is 0. The van der Waals surface area contributed by atoms with Crippen molar-refractivity contribution >= 4 is 11.7 Å². The lowest BCUT2D eigenvalue weighted by atomic mass is 9.85. The quantitative estimate of drug-likeness (QED) is 0.878. The zero-order valence-electron chi connectivity index (χ0n) is 12.5. The molecule has 0 heterocycles. The molecule has 0 atom stereocenters. The van der Waals surface area contributed by atoms with Gasteiger partial charge in [0.2, 0.25) is 0 Å². The topological polar surface area (TPSA) is 41.1 Å². The van der Waals surface area contributed by atoms with Crippen molar-refractivity contribution in [2.24, 2.45) is 0 Å². The number of hydrogen-bond donors (Lipinski definition) is 2. The van der Waals surface area contributed by atoms with E-state index in [1.165, 1.54) is 6.07 Å². The molecule has 2 amide bonds. The Balaban J connectivity index is 1.93. The number of rotatable bonds is 4. The second-order valence-corrected chi connectivity index (χ2v) is 5.69. The van der Waals surface area contributed by atoms with Gasteiger partial charge in [-0.05, 0) is 17.7 Å². The van der Waals surface area contributed by atoms with Gasteiger partial charge in [0.25, 0.3) is 0 Å². The maximum atomic E-state index is 13.1. The van der Waals surface area contributed by atoms with Crippen LogP contribution in [0.3, 0.4) is 0 Å². The van der Waals surface area contributed by atoms with Crippen molar-refractivity contribution in [2.75, 3.05) is 11.9 Å². The van der Waals surface area contributed by atoms with Crippen molar-refractivity contribution in [1.29, 1.82) is 0 Å². The van der Waals surface area contributed by atoms with Gasteiger partial charge < -0.3 is 10.6 Å². The third kappa shape index (κ3) is 4.04. The van der Waals surface area contributed by atoms with Crippen LogP contribution in [0.25, 0.3) is 0 Å². The maximum Gasteiger partial charge on any atom is 0.319 e. The number of anilines is 1. The second kappa shape index (κ2) is 6.56. The fourth-order valence-corrected chi connectivity index (χ4v) is 2.04. The first-order valence-electron chi connectivity index (χ1n) is 6.94. The van der Waals surface area contributed by atoms with Gasteiger partial charge in [-0.2, -0.15) is 0 Å². The van der Waals surface area contributed by atoms with Crippen LogP contribution >= 0.6 is 0 Å². The van der Waals surface area contributed by atoms with Crippen LogP contribution in [0.1, 0.15) is 19.4 Å². The lowest BCUT2D eigenvalue weighted by Gasteiger charge is -2.25. The molecule has 22 heavy (non-hydrogen) atoms. The van der Waals surface area contributed by atoms with Gasteiger partial charge in [-0.15, -0.1) is 0 Å². The van der Waals surface area contributed by atoms with Crippen molar-refractivity contribution in [3.63, 3.8) is 0 Å². The lowest BCUT2D eigenvalue weighted by Crippen LogP contribution is -2.38. The molecular weight excluding hydrogens is 286 g/mol. The molecule has 0 aliphatic heterocycles. The van der Waals surface area contributed by atoms with E-state index in [4.69, 9.17) is 0 Å². The molecule has 0 bridgehead atoms. The molecule has 0 aromatic heterocycles. The number of amides is 2. The van der Waals surface area contributed by atoms with E-state index in [0.29, 0.717) is 6.54 Å². The first-order chi connectivity index (χ1) is 10.4. The van der Waals surface area contributed by atoms with Crippen LogP contribution < -0.4 is 10.6 Å². The van der Waals surface area contributed by atoms with Crippen LogP contribution in [0.5, 0.6) is 0 Å². The number of benzene rings is 2. The highest BCUT2D eigenvalue weighted by atomic mass is 19.2. The maximum absolute atomic E-state index is 13.1. The van der Waals surface area contributed by atoms with Gasteiger partial charge in [-0.1, -0.05) is 44.2 Å². The van der Waals surface area contributed by atoms with E-state index >= 15 is 0 Å². The molecule has 116 valence electrons. The highest BCUT2D eigenvalue weighted by Crippen LogP contribution is 2.21. The van der Waals surface area contributed by atoms with Crippen LogP contribution in [0.2, 0.25) is 0 Å². The van der Waals surface area contributed by atoms with Crippen molar-refractivity contribution < 1.29 is 13.6 Å². The van der Waals surface area contributed by atoms with Gasteiger partial charge in [0.05, 0.1) is 0 Å². The highest BCUT2D eigenvalue weighted by molar-refractivity contribution is 5.89. The van der Waals surface area contributed by atoms with E-state index in [1.807, 2.05) is 44.2 Å². The van der Waals surface area contributed by atoms with Gasteiger partial charge in [0, 0.05) is 23.7 Å². The Labute approximate surface area is 128 Å². The summed E-state index contributed by atoms with van der Waals surface area (Å²) in [6.45, 7) is 4.44.